The van der Waals surface area contributed by atoms with Crippen LogP contribution in [0.2, 0.25) is 0 Å². The van der Waals surface area contributed by atoms with Crippen molar-refractivity contribution in [1.29, 1.82) is 0 Å². The standard InChI is InChI=1S/C16H21NO2/c1-3-5-6-7-14(17-4-2)13-8-9-15-16(12-13)19-11-10-18-15/h8-9,12,14,17H,4,6-7,10-11H2,1-2H3. The maximum Gasteiger partial charge on any atom is 0.161 e. The van der Waals surface area contributed by atoms with Gasteiger partial charge in [0.1, 0.15) is 13.2 Å². The zero-order valence-electron chi connectivity index (χ0n) is 11.7. The number of hydrogen-bond donors (Lipinski definition) is 1. The van der Waals surface area contributed by atoms with Gasteiger partial charge < -0.3 is 14.8 Å². The summed E-state index contributed by atoms with van der Waals surface area (Å²) in [6.07, 6.45) is 1.91. The van der Waals surface area contributed by atoms with Crippen LogP contribution >= 0.6 is 0 Å². The first-order valence-corrected chi connectivity index (χ1v) is 6.87. The summed E-state index contributed by atoms with van der Waals surface area (Å²) in [5.74, 6) is 7.77. The average Bonchev–Trinajstić information content (AvgIpc) is 2.46. The van der Waals surface area contributed by atoms with Crippen LogP contribution in [0.4, 0.5) is 0 Å². The predicted octanol–water partition coefficient (Wildman–Crippen LogP) is 2.91. The molecule has 1 N–H and O–H groups in total. The molecule has 19 heavy (non-hydrogen) atoms. The van der Waals surface area contributed by atoms with Gasteiger partial charge in [0.25, 0.3) is 0 Å². The highest BCUT2D eigenvalue weighted by Crippen LogP contribution is 2.33. The molecular formula is C16H21NO2. The highest BCUT2D eigenvalue weighted by Gasteiger charge is 2.16. The lowest BCUT2D eigenvalue weighted by molar-refractivity contribution is 0.171. The molecule has 3 heteroatoms. The van der Waals surface area contributed by atoms with Crippen LogP contribution in [0.1, 0.15) is 38.3 Å². The Hall–Kier alpha value is -1.66. The van der Waals surface area contributed by atoms with Crippen LogP contribution in [0.5, 0.6) is 11.5 Å². The molecule has 0 amide bonds. The van der Waals surface area contributed by atoms with Crippen molar-refractivity contribution in [3.63, 3.8) is 0 Å². The number of hydrogen-bond acceptors (Lipinski definition) is 3. The molecule has 1 aromatic rings. The van der Waals surface area contributed by atoms with Gasteiger partial charge in [0, 0.05) is 12.5 Å². The Kier molecular flexibility index (Phi) is 5.11. The van der Waals surface area contributed by atoms with Crippen molar-refractivity contribution in [1.82, 2.24) is 5.32 Å². The smallest absolute Gasteiger partial charge is 0.161 e. The minimum absolute atomic E-state index is 0.321. The van der Waals surface area contributed by atoms with Crippen molar-refractivity contribution in [2.75, 3.05) is 19.8 Å². The molecule has 1 aliphatic heterocycles. The molecule has 102 valence electrons. The molecule has 1 heterocycles. The Morgan fingerprint density at radius 3 is 2.79 bits per heavy atom. The fraction of sp³-hybridized carbons (Fsp3) is 0.500. The van der Waals surface area contributed by atoms with Crippen LogP contribution in [0, 0.1) is 11.8 Å². The summed E-state index contributed by atoms with van der Waals surface area (Å²) in [5, 5.41) is 3.50. The first-order chi connectivity index (χ1) is 9.35. The fourth-order valence-electron chi connectivity index (χ4n) is 2.25. The maximum absolute atomic E-state index is 5.64. The van der Waals surface area contributed by atoms with Gasteiger partial charge in [-0.25, -0.2) is 0 Å². The Morgan fingerprint density at radius 1 is 1.26 bits per heavy atom. The summed E-state index contributed by atoms with van der Waals surface area (Å²) in [6, 6.07) is 6.52. The molecule has 1 aromatic carbocycles. The number of benzene rings is 1. The fourth-order valence-corrected chi connectivity index (χ4v) is 2.25. The zero-order valence-corrected chi connectivity index (χ0v) is 11.7. The molecule has 1 unspecified atom stereocenters. The van der Waals surface area contributed by atoms with E-state index in [4.69, 9.17) is 9.47 Å². The van der Waals surface area contributed by atoms with Crippen LogP contribution in [0.3, 0.4) is 0 Å². The molecule has 0 bridgehead atoms. The second kappa shape index (κ2) is 7.06. The Labute approximate surface area is 115 Å². The van der Waals surface area contributed by atoms with Crippen molar-refractivity contribution >= 4 is 0 Å². The van der Waals surface area contributed by atoms with Crippen LogP contribution in [0.25, 0.3) is 0 Å². The van der Waals surface area contributed by atoms with Gasteiger partial charge in [0.15, 0.2) is 11.5 Å². The SMILES string of the molecule is CC#CCCC(NCC)c1ccc2c(c1)OCCO2. The summed E-state index contributed by atoms with van der Waals surface area (Å²) in [5.41, 5.74) is 1.24. The molecule has 0 saturated carbocycles. The molecule has 0 aromatic heterocycles. The van der Waals surface area contributed by atoms with Gasteiger partial charge in [-0.1, -0.05) is 13.0 Å². The van der Waals surface area contributed by atoms with Crippen LogP contribution in [0.15, 0.2) is 18.2 Å². The van der Waals surface area contributed by atoms with Crippen LogP contribution in [-0.4, -0.2) is 19.8 Å². The topological polar surface area (TPSA) is 30.5 Å². The van der Waals surface area contributed by atoms with E-state index in [1.807, 2.05) is 13.0 Å². The predicted molar refractivity (Wildman–Crippen MR) is 76.5 cm³/mol. The monoisotopic (exact) mass is 259 g/mol. The zero-order chi connectivity index (χ0) is 13.5. The van der Waals surface area contributed by atoms with Gasteiger partial charge in [-0.05, 0) is 37.6 Å². The van der Waals surface area contributed by atoms with Crippen LogP contribution in [-0.2, 0) is 0 Å². The highest BCUT2D eigenvalue weighted by atomic mass is 16.6. The van der Waals surface area contributed by atoms with Gasteiger partial charge >= 0.3 is 0 Å². The van der Waals surface area contributed by atoms with E-state index in [0.29, 0.717) is 19.3 Å². The van der Waals surface area contributed by atoms with Gasteiger partial charge in [0.05, 0.1) is 0 Å². The number of nitrogens with one attached hydrogen (secondary N) is 1. The molecule has 0 fully saturated rings. The largest absolute Gasteiger partial charge is 0.486 e. The summed E-state index contributed by atoms with van der Waals surface area (Å²) < 4.78 is 11.2. The van der Waals surface area contributed by atoms with E-state index in [2.05, 4.69) is 36.2 Å². The lowest BCUT2D eigenvalue weighted by Crippen LogP contribution is -2.21. The van der Waals surface area contributed by atoms with Crippen molar-refractivity contribution in [2.45, 2.75) is 32.7 Å². The van der Waals surface area contributed by atoms with E-state index >= 15 is 0 Å². The van der Waals surface area contributed by atoms with Gasteiger partial charge in [-0.2, -0.15) is 0 Å². The number of fused-ring (bicyclic) bond motifs is 1. The second-order valence-corrected chi connectivity index (χ2v) is 4.48. The summed E-state index contributed by atoms with van der Waals surface area (Å²) in [6.45, 7) is 6.21. The normalized spacial score (nSPS) is 14.4. The van der Waals surface area contributed by atoms with E-state index in [1.165, 1.54) is 5.56 Å². The van der Waals surface area contributed by atoms with Crippen LogP contribution < -0.4 is 14.8 Å². The van der Waals surface area contributed by atoms with E-state index in [-0.39, 0.29) is 0 Å². The minimum Gasteiger partial charge on any atom is -0.486 e. The van der Waals surface area contributed by atoms with E-state index in [1.54, 1.807) is 0 Å². The molecule has 0 saturated heterocycles. The molecule has 2 rings (SSSR count). The number of rotatable bonds is 5. The number of ether oxygens (including phenoxy) is 2. The van der Waals surface area contributed by atoms with E-state index in [9.17, 15) is 0 Å². The van der Waals surface area contributed by atoms with Gasteiger partial charge in [-0.15, -0.1) is 11.8 Å². The summed E-state index contributed by atoms with van der Waals surface area (Å²) in [7, 11) is 0. The lowest BCUT2D eigenvalue weighted by Gasteiger charge is -2.22. The van der Waals surface area contributed by atoms with Gasteiger partial charge in [0.2, 0.25) is 0 Å². The highest BCUT2D eigenvalue weighted by molar-refractivity contribution is 5.44. The molecular weight excluding hydrogens is 238 g/mol. The summed E-state index contributed by atoms with van der Waals surface area (Å²) >= 11 is 0. The van der Waals surface area contributed by atoms with E-state index in [0.717, 1.165) is 30.9 Å². The molecule has 3 nitrogen and oxygen atoms in total. The third-order valence-electron chi connectivity index (χ3n) is 3.15. The first-order valence-electron chi connectivity index (χ1n) is 6.87. The average molecular weight is 259 g/mol. The molecule has 0 radical (unpaired) electrons. The van der Waals surface area contributed by atoms with Crippen molar-refractivity contribution in [3.05, 3.63) is 23.8 Å². The lowest BCUT2D eigenvalue weighted by atomic mass is 10.0. The van der Waals surface area contributed by atoms with Crippen molar-refractivity contribution in [3.8, 4) is 23.3 Å². The molecule has 1 aliphatic rings. The summed E-state index contributed by atoms with van der Waals surface area (Å²) in [4.78, 5) is 0. The van der Waals surface area contributed by atoms with E-state index < -0.39 is 0 Å². The van der Waals surface area contributed by atoms with Crippen molar-refractivity contribution < 1.29 is 9.47 Å². The minimum atomic E-state index is 0.321. The second-order valence-electron chi connectivity index (χ2n) is 4.48. The van der Waals surface area contributed by atoms with Crippen molar-refractivity contribution in [2.24, 2.45) is 0 Å². The quantitative estimate of drug-likeness (QED) is 0.825. The molecule has 1 atom stereocenters. The Morgan fingerprint density at radius 2 is 2.05 bits per heavy atom. The van der Waals surface area contributed by atoms with Gasteiger partial charge in [-0.3, -0.25) is 0 Å². The maximum atomic E-state index is 5.64. The third kappa shape index (κ3) is 3.65. The Balaban J connectivity index is 2.12. The molecule has 0 aliphatic carbocycles. The Bertz CT molecular complexity index is 473. The first kappa shape index (κ1) is 13.8. The molecule has 0 spiro atoms. The third-order valence-corrected chi connectivity index (χ3v) is 3.15.